The van der Waals surface area contributed by atoms with Crippen LogP contribution < -0.4 is 15.4 Å². The van der Waals surface area contributed by atoms with Gasteiger partial charge in [-0.3, -0.25) is 4.79 Å². The summed E-state index contributed by atoms with van der Waals surface area (Å²) < 4.78 is 11.1. The number of nitrogens with two attached hydrogens (primary N) is 1. The average Bonchev–Trinajstić information content (AvgIpc) is 3.04. The smallest absolute Gasteiger partial charge is 0.268 e. The fourth-order valence-corrected chi connectivity index (χ4v) is 2.38. The first-order valence-electron chi connectivity index (χ1n) is 7.59. The summed E-state index contributed by atoms with van der Waals surface area (Å²) >= 11 is 0. The molecule has 1 amide bonds. The highest BCUT2D eigenvalue weighted by Crippen LogP contribution is 2.29. The highest BCUT2D eigenvalue weighted by atomic mass is 16.5. The standard InChI is InChI=1S/C17H21N3O3/c1-3-4-12(10-18)17(21)20(2)16-6-5-13(9-15(16)19)23-14-7-8-22-11-14/h4-6,9,14H,3,7-8,11,19H2,1-2H3/b12-4+/t14-/m0/s1. The molecular weight excluding hydrogens is 294 g/mol. The van der Waals surface area contributed by atoms with Crippen molar-refractivity contribution in [2.45, 2.75) is 25.9 Å². The van der Waals surface area contributed by atoms with E-state index in [-0.39, 0.29) is 17.6 Å². The molecule has 0 unspecified atom stereocenters. The van der Waals surface area contributed by atoms with E-state index in [1.165, 1.54) is 4.90 Å². The summed E-state index contributed by atoms with van der Waals surface area (Å²) in [6.45, 7) is 3.15. The van der Waals surface area contributed by atoms with Gasteiger partial charge in [-0.05, 0) is 18.6 Å². The van der Waals surface area contributed by atoms with Gasteiger partial charge in [0.25, 0.3) is 5.91 Å². The van der Waals surface area contributed by atoms with Crippen molar-refractivity contribution in [1.82, 2.24) is 0 Å². The predicted octanol–water partition coefficient (Wildman–Crippen LogP) is 2.26. The molecule has 0 bridgehead atoms. The zero-order valence-corrected chi connectivity index (χ0v) is 13.4. The summed E-state index contributed by atoms with van der Waals surface area (Å²) in [6.07, 6.45) is 3.12. The SMILES string of the molecule is CC/C=C(\C#N)C(=O)N(C)c1ccc(O[C@H]2CCOC2)cc1N. The molecule has 0 radical (unpaired) electrons. The van der Waals surface area contributed by atoms with Crippen molar-refractivity contribution >= 4 is 17.3 Å². The van der Waals surface area contributed by atoms with Crippen molar-refractivity contribution in [3.05, 3.63) is 29.8 Å². The van der Waals surface area contributed by atoms with Gasteiger partial charge in [-0.15, -0.1) is 0 Å². The molecule has 1 atom stereocenters. The lowest BCUT2D eigenvalue weighted by Crippen LogP contribution is -2.28. The zero-order valence-electron chi connectivity index (χ0n) is 13.4. The number of hydrogen-bond acceptors (Lipinski definition) is 5. The summed E-state index contributed by atoms with van der Waals surface area (Å²) in [7, 11) is 1.60. The van der Waals surface area contributed by atoms with Crippen molar-refractivity contribution in [3.8, 4) is 11.8 Å². The number of hydrogen-bond donors (Lipinski definition) is 1. The quantitative estimate of drug-likeness (QED) is 0.511. The fourth-order valence-electron chi connectivity index (χ4n) is 2.38. The van der Waals surface area contributed by atoms with E-state index >= 15 is 0 Å². The van der Waals surface area contributed by atoms with Crippen LogP contribution in [0.2, 0.25) is 0 Å². The summed E-state index contributed by atoms with van der Waals surface area (Å²) in [6, 6.07) is 7.10. The number of nitriles is 1. The van der Waals surface area contributed by atoms with E-state index in [1.807, 2.05) is 13.0 Å². The van der Waals surface area contributed by atoms with Crippen molar-refractivity contribution in [1.29, 1.82) is 5.26 Å². The van der Waals surface area contributed by atoms with E-state index in [4.69, 9.17) is 20.5 Å². The monoisotopic (exact) mass is 315 g/mol. The minimum Gasteiger partial charge on any atom is -0.488 e. The maximum absolute atomic E-state index is 12.3. The number of rotatable bonds is 5. The van der Waals surface area contributed by atoms with Crippen LogP contribution in [-0.4, -0.2) is 32.3 Å². The molecule has 2 N–H and O–H groups in total. The Kier molecular flexibility index (Phi) is 5.61. The minimum atomic E-state index is -0.376. The molecule has 1 saturated heterocycles. The predicted molar refractivity (Wildman–Crippen MR) is 88.1 cm³/mol. The molecule has 0 aliphatic carbocycles. The van der Waals surface area contributed by atoms with Gasteiger partial charge in [-0.25, -0.2) is 0 Å². The number of nitrogen functional groups attached to an aromatic ring is 1. The van der Waals surface area contributed by atoms with Crippen molar-refractivity contribution in [2.24, 2.45) is 0 Å². The van der Waals surface area contributed by atoms with Gasteiger partial charge in [0.2, 0.25) is 0 Å². The molecule has 1 fully saturated rings. The fraction of sp³-hybridized carbons (Fsp3) is 0.412. The lowest BCUT2D eigenvalue weighted by atomic mass is 10.2. The number of allylic oxidation sites excluding steroid dienone is 1. The van der Waals surface area contributed by atoms with Crippen molar-refractivity contribution in [2.75, 3.05) is 30.9 Å². The minimum absolute atomic E-state index is 0.0392. The number of benzene rings is 1. The molecule has 0 aromatic heterocycles. The molecule has 1 aliphatic rings. The van der Waals surface area contributed by atoms with Crippen LogP contribution >= 0.6 is 0 Å². The molecule has 0 spiro atoms. The molecule has 23 heavy (non-hydrogen) atoms. The first-order valence-corrected chi connectivity index (χ1v) is 7.59. The van der Waals surface area contributed by atoms with Gasteiger partial charge in [0.1, 0.15) is 23.5 Å². The molecule has 2 rings (SSSR count). The van der Waals surface area contributed by atoms with Gasteiger partial charge in [-0.1, -0.05) is 13.0 Å². The van der Waals surface area contributed by atoms with Crippen LogP contribution in [0, 0.1) is 11.3 Å². The Morgan fingerprint density at radius 1 is 1.61 bits per heavy atom. The Labute approximate surface area is 136 Å². The summed E-state index contributed by atoms with van der Waals surface area (Å²) in [5, 5.41) is 9.07. The van der Waals surface area contributed by atoms with E-state index < -0.39 is 0 Å². The number of carbonyl (C=O) groups is 1. The summed E-state index contributed by atoms with van der Waals surface area (Å²) in [5.41, 5.74) is 7.12. The Balaban J connectivity index is 2.14. The molecule has 1 aromatic rings. The molecule has 6 nitrogen and oxygen atoms in total. The second-order valence-corrected chi connectivity index (χ2v) is 5.33. The van der Waals surface area contributed by atoms with Gasteiger partial charge in [0.05, 0.1) is 24.6 Å². The highest BCUT2D eigenvalue weighted by Gasteiger charge is 2.20. The first kappa shape index (κ1) is 16.8. The van der Waals surface area contributed by atoms with E-state index in [0.717, 1.165) is 6.42 Å². The normalized spacial score (nSPS) is 17.6. The zero-order chi connectivity index (χ0) is 16.8. The Morgan fingerprint density at radius 3 is 2.96 bits per heavy atom. The van der Waals surface area contributed by atoms with E-state index in [1.54, 1.807) is 31.3 Å². The van der Waals surface area contributed by atoms with Crippen LogP contribution in [0.25, 0.3) is 0 Å². The second-order valence-electron chi connectivity index (χ2n) is 5.33. The van der Waals surface area contributed by atoms with Gasteiger partial charge in [0, 0.05) is 19.5 Å². The second kappa shape index (κ2) is 7.65. The number of carbonyl (C=O) groups excluding carboxylic acids is 1. The van der Waals surface area contributed by atoms with Crippen molar-refractivity contribution < 1.29 is 14.3 Å². The Bertz CT molecular complexity index is 643. The maximum Gasteiger partial charge on any atom is 0.268 e. The van der Waals surface area contributed by atoms with E-state index in [0.29, 0.717) is 36.8 Å². The van der Waals surface area contributed by atoms with Crippen LogP contribution in [0.15, 0.2) is 29.8 Å². The van der Waals surface area contributed by atoms with E-state index in [9.17, 15) is 4.79 Å². The number of ether oxygens (including phenoxy) is 2. The number of anilines is 2. The van der Waals surface area contributed by atoms with Crippen LogP contribution in [0.1, 0.15) is 19.8 Å². The van der Waals surface area contributed by atoms with Crippen LogP contribution in [-0.2, 0) is 9.53 Å². The van der Waals surface area contributed by atoms with Gasteiger partial charge in [-0.2, -0.15) is 5.26 Å². The third-order valence-electron chi connectivity index (χ3n) is 3.61. The summed E-state index contributed by atoms with van der Waals surface area (Å²) in [4.78, 5) is 13.7. The largest absolute Gasteiger partial charge is 0.488 e. The van der Waals surface area contributed by atoms with Gasteiger partial charge >= 0.3 is 0 Å². The topological polar surface area (TPSA) is 88.6 Å². The summed E-state index contributed by atoms with van der Waals surface area (Å²) in [5.74, 6) is 0.270. The van der Waals surface area contributed by atoms with Crippen LogP contribution in [0.4, 0.5) is 11.4 Å². The van der Waals surface area contributed by atoms with Gasteiger partial charge < -0.3 is 20.1 Å². The van der Waals surface area contributed by atoms with Crippen molar-refractivity contribution in [3.63, 3.8) is 0 Å². The third kappa shape index (κ3) is 4.02. The highest BCUT2D eigenvalue weighted by molar-refractivity contribution is 6.09. The number of amides is 1. The molecule has 1 aliphatic heterocycles. The Hall–Kier alpha value is -2.52. The molecule has 1 heterocycles. The van der Waals surface area contributed by atoms with E-state index in [2.05, 4.69) is 0 Å². The lowest BCUT2D eigenvalue weighted by molar-refractivity contribution is -0.114. The van der Waals surface area contributed by atoms with Crippen LogP contribution in [0.5, 0.6) is 5.75 Å². The number of likely N-dealkylation sites (N-methyl/N-ethyl adjacent to an activating group) is 1. The Morgan fingerprint density at radius 2 is 2.39 bits per heavy atom. The lowest BCUT2D eigenvalue weighted by Gasteiger charge is -2.20. The van der Waals surface area contributed by atoms with Gasteiger partial charge in [0.15, 0.2) is 0 Å². The maximum atomic E-state index is 12.3. The molecular formula is C17H21N3O3. The van der Waals surface area contributed by atoms with Crippen LogP contribution in [0.3, 0.4) is 0 Å². The first-order chi connectivity index (χ1) is 11.1. The average molecular weight is 315 g/mol. The molecule has 6 heteroatoms. The molecule has 1 aromatic carbocycles. The third-order valence-corrected chi connectivity index (χ3v) is 3.61. The molecule has 0 saturated carbocycles. The number of nitrogens with zero attached hydrogens (tertiary/aromatic N) is 2. The molecule has 122 valence electrons.